The predicted molar refractivity (Wildman–Crippen MR) is 96.2 cm³/mol. The first-order valence-electron chi connectivity index (χ1n) is 8.38. The highest BCUT2D eigenvalue weighted by atomic mass is 16.1. The number of hydrogen-bond donors (Lipinski definition) is 1. The number of hydrogen-bond acceptors (Lipinski definition) is 2. The van der Waals surface area contributed by atoms with Gasteiger partial charge in [0, 0.05) is 29.5 Å². The van der Waals surface area contributed by atoms with E-state index in [1.54, 1.807) is 0 Å². The molecule has 0 bridgehead atoms. The molecular formula is C20H24N2O. The lowest BCUT2D eigenvalue weighted by Gasteiger charge is -2.35. The van der Waals surface area contributed by atoms with Gasteiger partial charge >= 0.3 is 0 Å². The van der Waals surface area contributed by atoms with E-state index in [-0.39, 0.29) is 5.91 Å². The number of carbonyl (C=O) groups excluding carboxylic acids is 1. The van der Waals surface area contributed by atoms with Crippen LogP contribution in [-0.4, -0.2) is 18.5 Å². The van der Waals surface area contributed by atoms with Gasteiger partial charge in [0.25, 0.3) is 5.91 Å². The Kier molecular flexibility index (Phi) is 4.65. The van der Waals surface area contributed by atoms with Crippen molar-refractivity contribution in [3.8, 4) is 0 Å². The van der Waals surface area contributed by atoms with Gasteiger partial charge in [0.05, 0.1) is 0 Å². The van der Waals surface area contributed by atoms with E-state index in [2.05, 4.69) is 29.3 Å². The van der Waals surface area contributed by atoms with Crippen LogP contribution in [0.2, 0.25) is 0 Å². The van der Waals surface area contributed by atoms with Crippen molar-refractivity contribution in [1.82, 2.24) is 0 Å². The molecule has 0 aromatic heterocycles. The van der Waals surface area contributed by atoms with E-state index in [0.29, 0.717) is 11.6 Å². The Bertz CT molecular complexity index is 678. The van der Waals surface area contributed by atoms with E-state index in [9.17, 15) is 4.79 Å². The molecule has 23 heavy (non-hydrogen) atoms. The Labute approximate surface area is 138 Å². The predicted octanol–water partition coefficient (Wildman–Crippen LogP) is 4.63. The van der Waals surface area contributed by atoms with Crippen LogP contribution in [0.5, 0.6) is 0 Å². The second-order valence-corrected chi connectivity index (χ2v) is 6.41. The lowest BCUT2D eigenvalue weighted by atomic mass is 10.0. The molecule has 2 aromatic carbocycles. The van der Waals surface area contributed by atoms with Crippen LogP contribution in [0.15, 0.2) is 48.5 Å². The Morgan fingerprint density at radius 2 is 1.91 bits per heavy atom. The molecule has 1 aliphatic heterocycles. The molecule has 0 spiro atoms. The van der Waals surface area contributed by atoms with Crippen molar-refractivity contribution < 1.29 is 4.79 Å². The summed E-state index contributed by atoms with van der Waals surface area (Å²) >= 11 is 0. The van der Waals surface area contributed by atoms with Gasteiger partial charge in [0.1, 0.15) is 0 Å². The highest BCUT2D eigenvalue weighted by Crippen LogP contribution is 2.25. The van der Waals surface area contributed by atoms with Crippen molar-refractivity contribution in [2.75, 3.05) is 16.8 Å². The number of nitrogens with one attached hydrogen (secondary N) is 1. The SMILES string of the molecule is Cc1cccc(C(=O)Nc2ccc(N3CCCC[C@H]3C)cc2)c1. The summed E-state index contributed by atoms with van der Waals surface area (Å²) in [6.07, 6.45) is 3.84. The summed E-state index contributed by atoms with van der Waals surface area (Å²) in [7, 11) is 0. The second-order valence-electron chi connectivity index (χ2n) is 6.41. The molecule has 2 aromatic rings. The minimum atomic E-state index is -0.0622. The molecule has 0 radical (unpaired) electrons. The summed E-state index contributed by atoms with van der Waals surface area (Å²) in [4.78, 5) is 14.7. The molecule has 1 heterocycles. The number of benzene rings is 2. The van der Waals surface area contributed by atoms with Crippen molar-refractivity contribution in [2.24, 2.45) is 0 Å². The fourth-order valence-corrected chi connectivity index (χ4v) is 3.21. The van der Waals surface area contributed by atoms with Crippen LogP contribution in [-0.2, 0) is 0 Å². The summed E-state index contributed by atoms with van der Waals surface area (Å²) in [6.45, 7) is 5.40. The molecule has 1 atom stereocenters. The van der Waals surface area contributed by atoms with Gasteiger partial charge in [-0.25, -0.2) is 0 Å². The number of amides is 1. The van der Waals surface area contributed by atoms with Crippen LogP contribution in [0.3, 0.4) is 0 Å². The molecule has 1 aliphatic rings. The number of rotatable bonds is 3. The minimum Gasteiger partial charge on any atom is -0.369 e. The van der Waals surface area contributed by atoms with Gasteiger partial charge in [0.15, 0.2) is 0 Å². The van der Waals surface area contributed by atoms with Gasteiger partial charge in [0.2, 0.25) is 0 Å². The molecule has 0 unspecified atom stereocenters. The largest absolute Gasteiger partial charge is 0.369 e. The molecule has 3 rings (SSSR count). The molecule has 3 heteroatoms. The Morgan fingerprint density at radius 1 is 1.13 bits per heavy atom. The normalized spacial score (nSPS) is 17.8. The maximum Gasteiger partial charge on any atom is 0.255 e. The molecule has 1 fully saturated rings. The average molecular weight is 308 g/mol. The maximum absolute atomic E-state index is 12.3. The van der Waals surface area contributed by atoms with Crippen molar-refractivity contribution >= 4 is 17.3 Å². The smallest absolute Gasteiger partial charge is 0.255 e. The summed E-state index contributed by atoms with van der Waals surface area (Å²) in [5.74, 6) is -0.0622. The molecule has 1 amide bonds. The zero-order chi connectivity index (χ0) is 16.2. The van der Waals surface area contributed by atoms with Crippen molar-refractivity contribution in [2.45, 2.75) is 39.2 Å². The summed E-state index contributed by atoms with van der Waals surface area (Å²) < 4.78 is 0. The molecule has 1 N–H and O–H groups in total. The highest BCUT2D eigenvalue weighted by molar-refractivity contribution is 6.04. The molecule has 3 nitrogen and oxygen atoms in total. The van der Waals surface area contributed by atoms with Crippen molar-refractivity contribution in [3.63, 3.8) is 0 Å². The molecular weight excluding hydrogens is 284 g/mol. The summed E-state index contributed by atoms with van der Waals surface area (Å²) in [5.41, 5.74) is 3.86. The number of carbonyl (C=O) groups is 1. The van der Waals surface area contributed by atoms with E-state index in [1.165, 1.54) is 24.9 Å². The first-order chi connectivity index (χ1) is 11.1. The Hall–Kier alpha value is -2.29. The van der Waals surface area contributed by atoms with Gasteiger partial charge in [-0.15, -0.1) is 0 Å². The lowest BCUT2D eigenvalue weighted by molar-refractivity contribution is 0.102. The van der Waals surface area contributed by atoms with E-state index in [1.807, 2.05) is 43.3 Å². The summed E-state index contributed by atoms with van der Waals surface area (Å²) in [6, 6.07) is 16.4. The van der Waals surface area contributed by atoms with Gasteiger partial charge < -0.3 is 10.2 Å². The van der Waals surface area contributed by atoms with E-state index < -0.39 is 0 Å². The zero-order valence-electron chi connectivity index (χ0n) is 13.9. The fourth-order valence-electron chi connectivity index (χ4n) is 3.21. The Balaban J connectivity index is 1.69. The molecule has 120 valence electrons. The summed E-state index contributed by atoms with van der Waals surface area (Å²) in [5, 5.41) is 2.97. The van der Waals surface area contributed by atoms with E-state index in [4.69, 9.17) is 0 Å². The Morgan fingerprint density at radius 3 is 2.61 bits per heavy atom. The minimum absolute atomic E-state index is 0.0622. The number of aryl methyl sites for hydroxylation is 1. The third-order valence-electron chi connectivity index (χ3n) is 4.54. The van der Waals surface area contributed by atoms with Crippen molar-refractivity contribution in [3.05, 3.63) is 59.7 Å². The highest BCUT2D eigenvalue weighted by Gasteiger charge is 2.18. The van der Waals surface area contributed by atoms with Gasteiger partial charge in [-0.05, 0) is 69.5 Å². The second kappa shape index (κ2) is 6.86. The number of nitrogens with zero attached hydrogens (tertiary/aromatic N) is 1. The molecule has 0 aliphatic carbocycles. The third-order valence-corrected chi connectivity index (χ3v) is 4.54. The standard InChI is InChI=1S/C20H24N2O/c1-15-6-5-8-17(14-15)20(23)21-18-9-11-19(12-10-18)22-13-4-3-7-16(22)2/h5-6,8-12,14,16H,3-4,7,13H2,1-2H3,(H,21,23)/t16-/m1/s1. The van der Waals surface area contributed by atoms with Crippen LogP contribution >= 0.6 is 0 Å². The monoisotopic (exact) mass is 308 g/mol. The quantitative estimate of drug-likeness (QED) is 0.897. The topological polar surface area (TPSA) is 32.3 Å². The average Bonchev–Trinajstić information content (AvgIpc) is 2.56. The third kappa shape index (κ3) is 3.73. The van der Waals surface area contributed by atoms with Gasteiger partial charge in [-0.3, -0.25) is 4.79 Å². The lowest BCUT2D eigenvalue weighted by Crippen LogP contribution is -2.37. The molecule has 0 saturated carbocycles. The number of piperidine rings is 1. The van der Waals surface area contributed by atoms with Crippen LogP contribution < -0.4 is 10.2 Å². The van der Waals surface area contributed by atoms with Gasteiger partial charge in [-0.1, -0.05) is 17.7 Å². The van der Waals surface area contributed by atoms with Crippen LogP contribution in [0.1, 0.15) is 42.1 Å². The first kappa shape index (κ1) is 15.6. The van der Waals surface area contributed by atoms with Gasteiger partial charge in [-0.2, -0.15) is 0 Å². The number of anilines is 2. The van der Waals surface area contributed by atoms with E-state index >= 15 is 0 Å². The van der Waals surface area contributed by atoms with Crippen LogP contribution in [0, 0.1) is 6.92 Å². The van der Waals surface area contributed by atoms with E-state index in [0.717, 1.165) is 17.8 Å². The fraction of sp³-hybridized carbons (Fsp3) is 0.350. The van der Waals surface area contributed by atoms with Crippen LogP contribution in [0.4, 0.5) is 11.4 Å². The van der Waals surface area contributed by atoms with Crippen LogP contribution in [0.25, 0.3) is 0 Å². The zero-order valence-corrected chi connectivity index (χ0v) is 13.9. The maximum atomic E-state index is 12.3. The van der Waals surface area contributed by atoms with Crippen molar-refractivity contribution in [1.29, 1.82) is 0 Å². The first-order valence-corrected chi connectivity index (χ1v) is 8.38. The molecule has 1 saturated heterocycles.